The van der Waals surface area contributed by atoms with E-state index in [0.717, 1.165) is 35.7 Å². The lowest BCUT2D eigenvalue weighted by Crippen LogP contribution is -2.31. The number of nitrogens with zero attached hydrogens (tertiary/aromatic N) is 1. The summed E-state index contributed by atoms with van der Waals surface area (Å²) < 4.78 is 11.2. The normalized spacial score (nSPS) is 14.0. The van der Waals surface area contributed by atoms with E-state index >= 15 is 0 Å². The Kier molecular flexibility index (Phi) is 4.81. The van der Waals surface area contributed by atoms with Gasteiger partial charge >= 0.3 is 0 Å². The second kappa shape index (κ2) is 7.18. The van der Waals surface area contributed by atoms with E-state index < -0.39 is 0 Å². The fourth-order valence-corrected chi connectivity index (χ4v) is 2.58. The van der Waals surface area contributed by atoms with Crippen molar-refractivity contribution in [3.63, 3.8) is 0 Å². The van der Waals surface area contributed by atoms with Crippen LogP contribution in [0.1, 0.15) is 24.5 Å². The Balaban J connectivity index is 1.70. The maximum atomic E-state index is 12.3. The summed E-state index contributed by atoms with van der Waals surface area (Å²) in [5, 5.41) is 0. The van der Waals surface area contributed by atoms with E-state index in [-0.39, 0.29) is 12.5 Å². The monoisotopic (exact) mass is 311 g/mol. The third-order valence-corrected chi connectivity index (χ3v) is 3.81. The van der Waals surface area contributed by atoms with Crippen LogP contribution in [0.5, 0.6) is 11.5 Å². The van der Waals surface area contributed by atoms with Crippen molar-refractivity contribution in [3.8, 4) is 11.5 Å². The molecule has 0 bridgehead atoms. The number of hydrogen-bond acceptors (Lipinski definition) is 3. The average Bonchev–Trinajstić information content (AvgIpc) is 2.74. The van der Waals surface area contributed by atoms with E-state index in [2.05, 4.69) is 6.92 Å². The van der Waals surface area contributed by atoms with Crippen LogP contribution in [0, 0.1) is 0 Å². The molecule has 0 spiro atoms. The number of carbonyl (C=O) groups is 1. The van der Waals surface area contributed by atoms with Gasteiger partial charge in [0.05, 0.1) is 6.61 Å². The van der Waals surface area contributed by atoms with Crippen LogP contribution in [0.2, 0.25) is 0 Å². The molecule has 4 heteroatoms. The van der Waals surface area contributed by atoms with Crippen molar-refractivity contribution >= 4 is 5.91 Å². The minimum atomic E-state index is 0.00695. The van der Waals surface area contributed by atoms with Gasteiger partial charge < -0.3 is 14.4 Å². The highest BCUT2D eigenvalue weighted by molar-refractivity contribution is 5.78. The minimum Gasteiger partial charge on any atom is -0.494 e. The van der Waals surface area contributed by atoms with Gasteiger partial charge in [-0.3, -0.25) is 4.79 Å². The van der Waals surface area contributed by atoms with E-state index in [1.165, 1.54) is 0 Å². The number of hydrogen-bond donors (Lipinski definition) is 0. The van der Waals surface area contributed by atoms with Crippen LogP contribution in [0.3, 0.4) is 0 Å². The van der Waals surface area contributed by atoms with E-state index in [1.54, 1.807) is 0 Å². The molecule has 23 heavy (non-hydrogen) atoms. The summed E-state index contributed by atoms with van der Waals surface area (Å²) in [4.78, 5) is 14.1. The van der Waals surface area contributed by atoms with Gasteiger partial charge in [0.2, 0.25) is 0 Å². The molecule has 4 nitrogen and oxygen atoms in total. The predicted molar refractivity (Wildman–Crippen MR) is 88.4 cm³/mol. The van der Waals surface area contributed by atoms with E-state index in [9.17, 15) is 4.79 Å². The summed E-state index contributed by atoms with van der Waals surface area (Å²) in [6.45, 7) is 4.04. The number of carbonyl (C=O) groups excluding carboxylic acids is 1. The second-order valence-electron chi connectivity index (χ2n) is 5.64. The number of rotatable bonds is 5. The minimum absolute atomic E-state index is 0.00695. The van der Waals surface area contributed by atoms with E-state index in [0.29, 0.717) is 13.1 Å². The van der Waals surface area contributed by atoms with Gasteiger partial charge in [-0.25, -0.2) is 0 Å². The Morgan fingerprint density at radius 3 is 2.70 bits per heavy atom. The SMILES string of the molecule is CCCOc1ccc(CN2Cc3ccccc3OCC2=O)cc1. The number of para-hydroxylation sites is 1. The lowest BCUT2D eigenvalue weighted by atomic mass is 10.1. The smallest absolute Gasteiger partial charge is 0.261 e. The van der Waals surface area contributed by atoms with Crippen molar-refractivity contribution in [1.82, 2.24) is 4.90 Å². The second-order valence-corrected chi connectivity index (χ2v) is 5.64. The van der Waals surface area contributed by atoms with Gasteiger partial charge in [-0.2, -0.15) is 0 Å². The molecule has 1 heterocycles. The molecule has 0 saturated heterocycles. The topological polar surface area (TPSA) is 38.8 Å². The Hall–Kier alpha value is -2.49. The Morgan fingerprint density at radius 2 is 1.91 bits per heavy atom. The highest BCUT2D eigenvalue weighted by Crippen LogP contribution is 2.24. The van der Waals surface area contributed by atoms with Crippen LogP contribution >= 0.6 is 0 Å². The molecule has 0 N–H and O–H groups in total. The van der Waals surface area contributed by atoms with Gasteiger partial charge in [0, 0.05) is 18.7 Å². The van der Waals surface area contributed by atoms with Crippen molar-refractivity contribution in [2.45, 2.75) is 26.4 Å². The number of ether oxygens (including phenoxy) is 2. The Morgan fingerprint density at radius 1 is 1.13 bits per heavy atom. The largest absolute Gasteiger partial charge is 0.494 e. The van der Waals surface area contributed by atoms with Crippen molar-refractivity contribution in [2.24, 2.45) is 0 Å². The highest BCUT2D eigenvalue weighted by atomic mass is 16.5. The molecule has 3 rings (SSSR count). The molecule has 1 amide bonds. The van der Waals surface area contributed by atoms with Crippen LogP contribution in [0.15, 0.2) is 48.5 Å². The number of benzene rings is 2. The molecule has 120 valence electrons. The lowest BCUT2D eigenvalue weighted by Gasteiger charge is -2.20. The Bertz CT molecular complexity index is 667. The van der Waals surface area contributed by atoms with Gasteiger partial charge in [0.25, 0.3) is 5.91 Å². The molecule has 2 aromatic carbocycles. The molecule has 0 unspecified atom stereocenters. The molecule has 0 aliphatic carbocycles. The molecular weight excluding hydrogens is 290 g/mol. The van der Waals surface area contributed by atoms with Gasteiger partial charge in [-0.1, -0.05) is 37.3 Å². The third-order valence-electron chi connectivity index (χ3n) is 3.81. The van der Waals surface area contributed by atoms with Gasteiger partial charge in [-0.05, 0) is 30.2 Å². The fraction of sp³-hybridized carbons (Fsp3) is 0.316. The van der Waals surface area contributed by atoms with Crippen molar-refractivity contribution in [2.75, 3.05) is 13.2 Å². The summed E-state index contributed by atoms with van der Waals surface area (Å²) in [6, 6.07) is 15.7. The first-order valence-corrected chi connectivity index (χ1v) is 7.96. The zero-order valence-corrected chi connectivity index (χ0v) is 13.3. The zero-order valence-electron chi connectivity index (χ0n) is 13.3. The number of fused-ring (bicyclic) bond motifs is 1. The van der Waals surface area contributed by atoms with Crippen molar-refractivity contribution in [1.29, 1.82) is 0 Å². The van der Waals surface area contributed by atoms with Gasteiger partial charge in [0.1, 0.15) is 11.5 Å². The van der Waals surface area contributed by atoms with Gasteiger partial charge in [0.15, 0.2) is 6.61 Å². The molecule has 2 aromatic rings. The van der Waals surface area contributed by atoms with E-state index in [1.807, 2.05) is 53.4 Å². The highest BCUT2D eigenvalue weighted by Gasteiger charge is 2.21. The quantitative estimate of drug-likeness (QED) is 0.849. The Labute approximate surface area is 136 Å². The average molecular weight is 311 g/mol. The van der Waals surface area contributed by atoms with Gasteiger partial charge in [-0.15, -0.1) is 0 Å². The molecule has 0 aromatic heterocycles. The summed E-state index contributed by atoms with van der Waals surface area (Å²) in [5.41, 5.74) is 2.13. The molecule has 0 fully saturated rings. The number of amides is 1. The first-order chi connectivity index (χ1) is 11.3. The molecule has 1 aliphatic heterocycles. The lowest BCUT2D eigenvalue weighted by molar-refractivity contribution is -0.133. The van der Waals surface area contributed by atoms with Crippen LogP contribution < -0.4 is 9.47 Å². The molecule has 0 saturated carbocycles. The summed E-state index contributed by atoms with van der Waals surface area (Å²) in [7, 11) is 0. The van der Waals surface area contributed by atoms with Crippen LogP contribution in [-0.2, 0) is 17.9 Å². The van der Waals surface area contributed by atoms with Crippen LogP contribution in [0.4, 0.5) is 0 Å². The summed E-state index contributed by atoms with van der Waals surface area (Å²) in [6.07, 6.45) is 0.990. The predicted octanol–water partition coefficient (Wildman–Crippen LogP) is 3.40. The first-order valence-electron chi connectivity index (χ1n) is 7.96. The molecule has 1 aliphatic rings. The third kappa shape index (κ3) is 3.83. The summed E-state index contributed by atoms with van der Waals surface area (Å²) in [5.74, 6) is 1.67. The van der Waals surface area contributed by atoms with E-state index in [4.69, 9.17) is 9.47 Å². The summed E-state index contributed by atoms with van der Waals surface area (Å²) >= 11 is 0. The maximum Gasteiger partial charge on any atom is 0.261 e. The van der Waals surface area contributed by atoms with Crippen LogP contribution in [0.25, 0.3) is 0 Å². The standard InChI is InChI=1S/C19H21NO3/c1-2-11-22-17-9-7-15(8-10-17)12-20-13-16-5-3-4-6-18(16)23-14-19(20)21/h3-10H,2,11-14H2,1H3. The maximum absolute atomic E-state index is 12.3. The molecule has 0 radical (unpaired) electrons. The van der Waals surface area contributed by atoms with Crippen molar-refractivity contribution in [3.05, 3.63) is 59.7 Å². The van der Waals surface area contributed by atoms with Crippen LogP contribution in [-0.4, -0.2) is 24.0 Å². The first kappa shape index (κ1) is 15.4. The molecular formula is C19H21NO3. The van der Waals surface area contributed by atoms with Crippen molar-refractivity contribution < 1.29 is 14.3 Å². The fourth-order valence-electron chi connectivity index (χ4n) is 2.58. The zero-order chi connectivity index (χ0) is 16.1. The molecule has 0 atom stereocenters.